The molecule has 0 amide bonds. The van der Waals surface area contributed by atoms with E-state index >= 15 is 0 Å². The van der Waals surface area contributed by atoms with Crippen molar-refractivity contribution in [3.05, 3.63) is 42.0 Å². The molecule has 0 saturated carbocycles. The van der Waals surface area contributed by atoms with E-state index in [2.05, 4.69) is 5.92 Å². The third-order valence-corrected chi connectivity index (χ3v) is 5.35. The number of terminal acetylenes is 1. The molecule has 0 aliphatic carbocycles. The summed E-state index contributed by atoms with van der Waals surface area (Å²) in [5.41, 5.74) is 0.103. The van der Waals surface area contributed by atoms with Gasteiger partial charge in [-0.2, -0.15) is 0 Å². The van der Waals surface area contributed by atoms with Crippen LogP contribution >= 0.6 is 11.8 Å². The summed E-state index contributed by atoms with van der Waals surface area (Å²) in [5.74, 6) is 4.88. The standard InChI is InChI=1S/C22H26O5S/c1-7-22(2,3)27-16-10-8-9-11-19(16)28-20(14-23)15-12-17(24-4)21(26-6)18(13-15)25-5/h1,8-13,20,23H,14H2,2-6H3. The summed E-state index contributed by atoms with van der Waals surface area (Å²) in [7, 11) is 4.68. The summed E-state index contributed by atoms with van der Waals surface area (Å²) >= 11 is 1.48. The number of hydrogen-bond donors (Lipinski definition) is 1. The van der Waals surface area contributed by atoms with Crippen molar-refractivity contribution in [2.75, 3.05) is 27.9 Å². The number of aliphatic hydroxyl groups is 1. The Morgan fingerprint density at radius 1 is 1.04 bits per heavy atom. The number of hydrogen-bond acceptors (Lipinski definition) is 6. The SMILES string of the molecule is C#CC(C)(C)Oc1ccccc1SC(CO)c1cc(OC)c(OC)c(OC)c1. The molecule has 0 aromatic heterocycles. The Bertz CT molecular complexity index is 816. The van der Waals surface area contributed by atoms with Crippen molar-refractivity contribution < 1.29 is 24.1 Å². The van der Waals surface area contributed by atoms with Crippen LogP contribution in [-0.2, 0) is 0 Å². The lowest BCUT2D eigenvalue weighted by Crippen LogP contribution is -2.25. The Morgan fingerprint density at radius 3 is 2.14 bits per heavy atom. The van der Waals surface area contributed by atoms with E-state index in [4.69, 9.17) is 25.4 Å². The molecule has 1 atom stereocenters. The number of rotatable bonds is 9. The number of ether oxygens (including phenoxy) is 4. The van der Waals surface area contributed by atoms with Gasteiger partial charge in [-0.15, -0.1) is 18.2 Å². The lowest BCUT2D eigenvalue weighted by molar-refractivity contribution is 0.168. The van der Waals surface area contributed by atoms with E-state index in [1.165, 1.54) is 11.8 Å². The van der Waals surface area contributed by atoms with E-state index in [9.17, 15) is 5.11 Å². The second-order valence-corrected chi connectivity index (χ2v) is 7.70. The van der Waals surface area contributed by atoms with E-state index in [-0.39, 0.29) is 11.9 Å². The molecule has 5 nitrogen and oxygen atoms in total. The second kappa shape index (κ2) is 9.63. The number of benzene rings is 2. The van der Waals surface area contributed by atoms with Crippen molar-refractivity contribution in [2.24, 2.45) is 0 Å². The zero-order chi connectivity index (χ0) is 20.7. The van der Waals surface area contributed by atoms with E-state index in [0.29, 0.717) is 23.0 Å². The lowest BCUT2D eigenvalue weighted by atomic mass is 10.1. The van der Waals surface area contributed by atoms with Crippen LogP contribution in [0, 0.1) is 12.3 Å². The first-order valence-electron chi connectivity index (χ1n) is 8.72. The molecule has 0 aliphatic rings. The summed E-state index contributed by atoms with van der Waals surface area (Å²) < 4.78 is 22.2. The minimum atomic E-state index is -0.738. The predicted octanol–water partition coefficient (Wildman–Crippen LogP) is 4.33. The van der Waals surface area contributed by atoms with Crippen LogP contribution < -0.4 is 18.9 Å². The molecule has 150 valence electrons. The number of methoxy groups -OCH3 is 3. The molecular formula is C22H26O5S. The highest BCUT2D eigenvalue weighted by Gasteiger charge is 2.22. The average molecular weight is 403 g/mol. The normalized spacial score (nSPS) is 12.0. The first kappa shape index (κ1) is 21.8. The van der Waals surface area contributed by atoms with Gasteiger partial charge in [0.1, 0.15) is 5.75 Å². The van der Waals surface area contributed by atoms with E-state index in [1.807, 2.05) is 50.2 Å². The van der Waals surface area contributed by atoms with Gasteiger partial charge in [0.05, 0.1) is 38.1 Å². The minimum Gasteiger partial charge on any atom is -0.493 e. The molecule has 0 saturated heterocycles. The van der Waals surface area contributed by atoms with Crippen LogP contribution in [-0.4, -0.2) is 38.6 Å². The summed E-state index contributed by atoms with van der Waals surface area (Å²) in [6, 6.07) is 11.3. The smallest absolute Gasteiger partial charge is 0.203 e. The summed E-state index contributed by atoms with van der Waals surface area (Å²) in [6.07, 6.45) is 5.55. The maximum absolute atomic E-state index is 10.1. The van der Waals surface area contributed by atoms with Gasteiger partial charge < -0.3 is 24.1 Å². The van der Waals surface area contributed by atoms with Crippen LogP contribution in [0.5, 0.6) is 23.0 Å². The molecule has 0 aliphatic heterocycles. The number of thioether (sulfide) groups is 1. The maximum atomic E-state index is 10.1. The molecule has 1 unspecified atom stereocenters. The van der Waals surface area contributed by atoms with Crippen molar-refractivity contribution in [1.82, 2.24) is 0 Å². The molecule has 0 bridgehead atoms. The molecule has 2 aromatic rings. The molecule has 2 aromatic carbocycles. The first-order valence-corrected chi connectivity index (χ1v) is 9.60. The van der Waals surface area contributed by atoms with Gasteiger partial charge in [-0.3, -0.25) is 0 Å². The molecule has 2 rings (SSSR count). The zero-order valence-corrected chi connectivity index (χ0v) is 17.6. The van der Waals surface area contributed by atoms with Gasteiger partial charge in [0.15, 0.2) is 17.1 Å². The van der Waals surface area contributed by atoms with Crippen molar-refractivity contribution in [2.45, 2.75) is 29.6 Å². The minimum absolute atomic E-state index is 0.0871. The molecule has 28 heavy (non-hydrogen) atoms. The van der Waals surface area contributed by atoms with Gasteiger partial charge >= 0.3 is 0 Å². The fourth-order valence-electron chi connectivity index (χ4n) is 2.59. The van der Waals surface area contributed by atoms with Gasteiger partial charge in [-0.25, -0.2) is 0 Å². The largest absolute Gasteiger partial charge is 0.493 e. The van der Waals surface area contributed by atoms with Crippen molar-refractivity contribution >= 4 is 11.8 Å². The molecular weight excluding hydrogens is 376 g/mol. The molecule has 0 spiro atoms. The third kappa shape index (κ3) is 5.06. The number of aliphatic hydroxyl groups excluding tert-OH is 1. The summed E-state index contributed by atoms with van der Waals surface area (Å²) in [5, 5.41) is 9.79. The van der Waals surface area contributed by atoms with Crippen LogP contribution in [0.25, 0.3) is 0 Å². The van der Waals surface area contributed by atoms with Gasteiger partial charge in [-0.05, 0) is 43.7 Å². The molecule has 0 fully saturated rings. The molecule has 6 heteroatoms. The highest BCUT2D eigenvalue weighted by molar-refractivity contribution is 7.99. The van der Waals surface area contributed by atoms with Crippen LogP contribution in [0.1, 0.15) is 24.7 Å². The zero-order valence-electron chi connectivity index (χ0n) is 16.8. The first-order chi connectivity index (χ1) is 13.4. The van der Waals surface area contributed by atoms with Crippen LogP contribution in [0.4, 0.5) is 0 Å². The maximum Gasteiger partial charge on any atom is 0.203 e. The summed E-state index contributed by atoms with van der Waals surface area (Å²) in [6.45, 7) is 3.57. The highest BCUT2D eigenvalue weighted by atomic mass is 32.2. The molecule has 0 heterocycles. The van der Waals surface area contributed by atoms with Gasteiger partial charge in [0.25, 0.3) is 0 Å². The summed E-state index contributed by atoms with van der Waals surface area (Å²) in [4.78, 5) is 0.874. The Kier molecular flexibility index (Phi) is 7.50. The molecule has 1 N–H and O–H groups in total. The van der Waals surface area contributed by atoms with E-state index in [0.717, 1.165) is 10.5 Å². The average Bonchev–Trinajstić information content (AvgIpc) is 2.71. The monoisotopic (exact) mass is 402 g/mol. The molecule has 0 radical (unpaired) electrons. The van der Waals surface area contributed by atoms with Gasteiger partial charge in [0.2, 0.25) is 5.75 Å². The predicted molar refractivity (Wildman–Crippen MR) is 112 cm³/mol. The Labute approximate surface area is 171 Å². The Hall–Kier alpha value is -2.49. The third-order valence-electron chi connectivity index (χ3n) is 4.06. The van der Waals surface area contributed by atoms with Crippen molar-refractivity contribution in [1.29, 1.82) is 0 Å². The van der Waals surface area contributed by atoms with Crippen LogP contribution in [0.2, 0.25) is 0 Å². The van der Waals surface area contributed by atoms with E-state index in [1.54, 1.807) is 21.3 Å². The Balaban J connectivity index is 2.40. The van der Waals surface area contributed by atoms with Crippen LogP contribution in [0.15, 0.2) is 41.3 Å². The van der Waals surface area contributed by atoms with E-state index < -0.39 is 5.60 Å². The van der Waals surface area contributed by atoms with Gasteiger partial charge in [-0.1, -0.05) is 18.1 Å². The topological polar surface area (TPSA) is 57.2 Å². The lowest BCUT2D eigenvalue weighted by Gasteiger charge is -2.24. The van der Waals surface area contributed by atoms with Crippen LogP contribution in [0.3, 0.4) is 0 Å². The van der Waals surface area contributed by atoms with Gasteiger partial charge in [0, 0.05) is 0 Å². The number of para-hydroxylation sites is 1. The van der Waals surface area contributed by atoms with Crippen molar-refractivity contribution in [3.63, 3.8) is 0 Å². The Morgan fingerprint density at radius 2 is 1.64 bits per heavy atom. The highest BCUT2D eigenvalue weighted by Crippen LogP contribution is 2.45. The fraction of sp³-hybridized carbons (Fsp3) is 0.364. The quantitative estimate of drug-likeness (QED) is 0.498. The van der Waals surface area contributed by atoms with Crippen molar-refractivity contribution in [3.8, 4) is 35.3 Å². The second-order valence-electron chi connectivity index (χ2n) is 6.45. The fourth-order valence-corrected chi connectivity index (χ4v) is 3.62.